The standard InChI is InChI=1S/C78H152O17P2/c1-5-9-13-17-21-25-29-33-34-35-36-37-38-41-45-49-53-57-61-65-78(83)95-74(69-89-76(81)63-59-55-51-47-43-39-30-26-22-18-14-10-6-2)71-93-97(86,87)91-67-72(79)66-90-96(84,85)92-70-73(68-88-75(80)62-58-54-50-46-42-32-28-24-20-16-12-8-4)94-77(82)64-60-56-52-48-44-40-31-27-23-19-15-11-7-3/h72-74,79H,5-71H2,1-4H3,(H,84,85)(H,86,87)/t72?,73-,74-/m1/s1. The summed E-state index contributed by atoms with van der Waals surface area (Å²) in [6, 6.07) is 0. The Hall–Kier alpha value is -1.94. The minimum atomic E-state index is -4.96. The van der Waals surface area contributed by atoms with Crippen LogP contribution in [0.3, 0.4) is 0 Å². The molecule has 3 N–H and O–H groups in total. The van der Waals surface area contributed by atoms with Crippen molar-refractivity contribution in [1.29, 1.82) is 0 Å². The maximum absolute atomic E-state index is 13.1. The molecule has 0 rings (SSSR count). The highest BCUT2D eigenvalue weighted by atomic mass is 31.2. The smallest absolute Gasteiger partial charge is 0.462 e. The number of unbranched alkanes of at least 4 members (excludes halogenated alkanes) is 53. The highest BCUT2D eigenvalue weighted by molar-refractivity contribution is 7.47. The molecule has 0 bridgehead atoms. The Kier molecular flexibility index (Phi) is 71.0. The highest BCUT2D eigenvalue weighted by Gasteiger charge is 2.30. The summed E-state index contributed by atoms with van der Waals surface area (Å²) >= 11 is 0. The van der Waals surface area contributed by atoms with E-state index >= 15 is 0 Å². The number of aliphatic hydroxyl groups is 1. The maximum Gasteiger partial charge on any atom is 0.472 e. The molecule has 0 spiro atoms. The number of phosphoric ester groups is 2. The molecule has 0 heterocycles. The normalized spacial score (nSPS) is 13.8. The molecule has 3 unspecified atom stereocenters. The van der Waals surface area contributed by atoms with Crippen LogP contribution in [-0.2, 0) is 65.4 Å². The molecule has 0 aromatic rings. The van der Waals surface area contributed by atoms with Gasteiger partial charge in [0.2, 0.25) is 0 Å². The van der Waals surface area contributed by atoms with Gasteiger partial charge in [-0.15, -0.1) is 0 Å². The summed E-state index contributed by atoms with van der Waals surface area (Å²) in [6.45, 7) is 5.01. The Morgan fingerprint density at radius 2 is 0.412 bits per heavy atom. The van der Waals surface area contributed by atoms with Crippen molar-refractivity contribution in [2.75, 3.05) is 39.6 Å². The fourth-order valence-corrected chi connectivity index (χ4v) is 13.7. The van der Waals surface area contributed by atoms with Gasteiger partial charge in [0.15, 0.2) is 12.2 Å². The van der Waals surface area contributed by atoms with Crippen molar-refractivity contribution in [2.45, 2.75) is 438 Å². The van der Waals surface area contributed by atoms with Gasteiger partial charge in [0.25, 0.3) is 0 Å². The number of rotatable bonds is 79. The van der Waals surface area contributed by atoms with Gasteiger partial charge < -0.3 is 33.8 Å². The second-order valence-electron chi connectivity index (χ2n) is 28.1. The van der Waals surface area contributed by atoms with Crippen LogP contribution in [0.1, 0.15) is 419 Å². The predicted octanol–water partition coefficient (Wildman–Crippen LogP) is 23.4. The van der Waals surface area contributed by atoms with E-state index in [-0.39, 0.29) is 25.7 Å². The Morgan fingerprint density at radius 1 is 0.247 bits per heavy atom. The summed E-state index contributed by atoms with van der Waals surface area (Å²) in [5.74, 6) is -2.11. The summed E-state index contributed by atoms with van der Waals surface area (Å²) in [4.78, 5) is 72.9. The van der Waals surface area contributed by atoms with Gasteiger partial charge in [-0.05, 0) is 25.7 Å². The Morgan fingerprint density at radius 3 is 0.608 bits per heavy atom. The van der Waals surface area contributed by atoms with Gasteiger partial charge in [-0.2, -0.15) is 0 Å². The van der Waals surface area contributed by atoms with E-state index in [0.29, 0.717) is 25.7 Å². The molecule has 0 amide bonds. The molecule has 0 aromatic carbocycles. The van der Waals surface area contributed by atoms with Crippen molar-refractivity contribution in [3.63, 3.8) is 0 Å². The van der Waals surface area contributed by atoms with Crippen LogP contribution in [0.5, 0.6) is 0 Å². The zero-order valence-electron chi connectivity index (χ0n) is 63.1. The van der Waals surface area contributed by atoms with Crippen molar-refractivity contribution in [1.82, 2.24) is 0 Å². The second-order valence-corrected chi connectivity index (χ2v) is 31.0. The number of hydrogen-bond acceptors (Lipinski definition) is 15. The van der Waals surface area contributed by atoms with Crippen LogP contribution in [-0.4, -0.2) is 96.7 Å². The molecular formula is C78H152O17P2. The Bertz CT molecular complexity index is 1840. The topological polar surface area (TPSA) is 237 Å². The minimum Gasteiger partial charge on any atom is -0.462 e. The van der Waals surface area contributed by atoms with Gasteiger partial charge >= 0.3 is 39.5 Å². The minimum absolute atomic E-state index is 0.109. The lowest BCUT2D eigenvalue weighted by atomic mass is 10.0. The third-order valence-electron chi connectivity index (χ3n) is 18.4. The second kappa shape index (κ2) is 72.4. The molecule has 0 aromatic heterocycles. The van der Waals surface area contributed by atoms with Gasteiger partial charge in [0, 0.05) is 25.7 Å². The first kappa shape index (κ1) is 95.1. The molecular weight excluding hydrogens is 1270 g/mol. The van der Waals surface area contributed by atoms with Gasteiger partial charge in [0.1, 0.15) is 19.3 Å². The van der Waals surface area contributed by atoms with E-state index in [1.165, 1.54) is 250 Å². The van der Waals surface area contributed by atoms with Gasteiger partial charge in [-0.3, -0.25) is 37.3 Å². The lowest BCUT2D eigenvalue weighted by molar-refractivity contribution is -0.161. The molecule has 0 radical (unpaired) electrons. The van der Waals surface area contributed by atoms with Crippen molar-refractivity contribution in [2.24, 2.45) is 0 Å². The van der Waals surface area contributed by atoms with Crippen molar-refractivity contribution in [3.8, 4) is 0 Å². The quantitative estimate of drug-likeness (QED) is 0.0222. The van der Waals surface area contributed by atoms with Crippen LogP contribution in [0.2, 0.25) is 0 Å². The number of hydrogen-bond donors (Lipinski definition) is 3. The first-order valence-corrected chi connectivity index (χ1v) is 43.8. The number of ether oxygens (including phenoxy) is 4. The summed E-state index contributed by atoms with van der Waals surface area (Å²) in [6.07, 6.45) is 63.6. The molecule has 19 heteroatoms. The van der Waals surface area contributed by atoms with E-state index in [4.69, 9.17) is 37.0 Å². The Labute approximate surface area is 594 Å². The molecule has 0 saturated heterocycles. The molecule has 5 atom stereocenters. The SMILES string of the molecule is CCCCCCCCCCCCCCCCCCCCCC(=O)O[C@H](COC(=O)CCCCCCCCCCCCCCC)COP(=O)(O)OCC(O)COP(=O)(O)OC[C@@H](COC(=O)CCCCCCCCCCCCCC)OC(=O)CCCCCCCCCCCCCCC. The van der Waals surface area contributed by atoms with E-state index in [2.05, 4.69) is 27.7 Å². The lowest BCUT2D eigenvalue weighted by Crippen LogP contribution is -2.30. The van der Waals surface area contributed by atoms with Gasteiger partial charge in [0.05, 0.1) is 26.4 Å². The molecule has 0 fully saturated rings. The number of esters is 4. The first-order valence-electron chi connectivity index (χ1n) is 40.8. The summed E-state index contributed by atoms with van der Waals surface area (Å²) in [5, 5.41) is 10.6. The fourth-order valence-electron chi connectivity index (χ4n) is 12.1. The number of carbonyl (C=O) groups is 4. The van der Waals surface area contributed by atoms with E-state index in [0.717, 1.165) is 89.9 Å². The van der Waals surface area contributed by atoms with Crippen molar-refractivity contribution in [3.05, 3.63) is 0 Å². The van der Waals surface area contributed by atoms with Crippen LogP contribution >= 0.6 is 15.6 Å². The van der Waals surface area contributed by atoms with E-state index in [1.54, 1.807) is 0 Å². The molecule has 0 aliphatic heterocycles. The maximum atomic E-state index is 13.1. The third-order valence-corrected chi connectivity index (χ3v) is 20.3. The molecule has 576 valence electrons. The molecule has 0 aliphatic carbocycles. The van der Waals surface area contributed by atoms with Gasteiger partial charge in [-0.25, -0.2) is 9.13 Å². The average molecular weight is 1420 g/mol. The number of phosphoric acid groups is 2. The molecule has 0 saturated carbocycles. The number of carbonyl (C=O) groups excluding carboxylic acids is 4. The van der Waals surface area contributed by atoms with Crippen LogP contribution in [0.15, 0.2) is 0 Å². The number of aliphatic hydroxyl groups excluding tert-OH is 1. The molecule has 17 nitrogen and oxygen atoms in total. The van der Waals surface area contributed by atoms with Crippen LogP contribution in [0.4, 0.5) is 0 Å². The van der Waals surface area contributed by atoms with Crippen molar-refractivity contribution < 1.29 is 80.2 Å². The molecule has 97 heavy (non-hydrogen) atoms. The zero-order valence-corrected chi connectivity index (χ0v) is 64.8. The van der Waals surface area contributed by atoms with Crippen molar-refractivity contribution >= 4 is 39.5 Å². The van der Waals surface area contributed by atoms with E-state index in [9.17, 15) is 43.2 Å². The first-order chi connectivity index (χ1) is 47.2. The van der Waals surface area contributed by atoms with Crippen LogP contribution < -0.4 is 0 Å². The van der Waals surface area contributed by atoms with E-state index in [1.807, 2.05) is 0 Å². The Balaban J connectivity index is 5.23. The van der Waals surface area contributed by atoms with Crippen LogP contribution in [0.25, 0.3) is 0 Å². The highest BCUT2D eigenvalue weighted by Crippen LogP contribution is 2.45. The van der Waals surface area contributed by atoms with Crippen LogP contribution in [0, 0.1) is 0 Å². The zero-order chi connectivity index (χ0) is 71.1. The predicted molar refractivity (Wildman–Crippen MR) is 395 cm³/mol. The largest absolute Gasteiger partial charge is 0.472 e. The molecule has 0 aliphatic rings. The fraction of sp³-hybridized carbons (Fsp3) is 0.949. The average Bonchev–Trinajstić information content (AvgIpc) is 2.15. The lowest BCUT2D eigenvalue weighted by Gasteiger charge is -2.21. The summed E-state index contributed by atoms with van der Waals surface area (Å²) < 4.78 is 68.6. The third kappa shape index (κ3) is 72.2. The van der Waals surface area contributed by atoms with Gasteiger partial charge in [-0.1, -0.05) is 368 Å². The van der Waals surface area contributed by atoms with E-state index < -0.39 is 97.5 Å². The summed E-state index contributed by atoms with van der Waals surface area (Å²) in [7, 11) is -9.91. The monoisotopic (exact) mass is 1420 g/mol. The summed E-state index contributed by atoms with van der Waals surface area (Å²) in [5.41, 5.74) is 0.